The Labute approximate surface area is 76.6 Å². The minimum Gasteiger partial charge on any atom is -0.319 e. The Morgan fingerprint density at radius 3 is 2.38 bits per heavy atom. The molecule has 1 aromatic carbocycles. The molecule has 0 spiro atoms. The van der Waals surface area contributed by atoms with Crippen LogP contribution in [0.4, 0.5) is 8.78 Å². The molecule has 0 amide bonds. The number of nitrogens with two attached hydrogens (primary N) is 1. The molecule has 0 fully saturated rings. The highest BCUT2D eigenvalue weighted by Gasteiger charge is 2.19. The molecular formula is C10H13F2N. The maximum Gasteiger partial charge on any atom is 0.257 e. The highest BCUT2D eigenvalue weighted by Crippen LogP contribution is 2.23. The molecule has 72 valence electrons. The monoisotopic (exact) mass is 185 g/mol. The fourth-order valence-electron chi connectivity index (χ4n) is 1.27. The zero-order valence-electron chi connectivity index (χ0n) is 7.72. The molecule has 3 heteroatoms. The van der Waals surface area contributed by atoms with Crippen molar-refractivity contribution in [3.63, 3.8) is 0 Å². The molecule has 1 unspecified atom stereocenters. The van der Waals surface area contributed by atoms with Crippen molar-refractivity contribution >= 4 is 0 Å². The van der Waals surface area contributed by atoms with Crippen molar-refractivity contribution in [1.82, 2.24) is 0 Å². The molecule has 0 aliphatic heterocycles. The highest BCUT2D eigenvalue weighted by atomic mass is 19.3. The van der Waals surface area contributed by atoms with Gasteiger partial charge in [-0.3, -0.25) is 0 Å². The Hall–Kier alpha value is -0.960. The lowest BCUT2D eigenvalue weighted by molar-refractivity contribution is 0.116. The molecule has 2 N–H and O–H groups in total. The molecule has 0 aliphatic carbocycles. The Balaban J connectivity index is 3.07. The molecule has 1 nitrogen and oxygen atoms in total. The molecule has 0 saturated carbocycles. The van der Waals surface area contributed by atoms with Gasteiger partial charge in [0.05, 0.1) is 6.04 Å². The summed E-state index contributed by atoms with van der Waals surface area (Å²) < 4.78 is 24.6. The van der Waals surface area contributed by atoms with E-state index in [1.807, 2.05) is 19.9 Å². The molecule has 1 atom stereocenters. The number of rotatable bonds is 2. The number of halogens is 2. The van der Waals surface area contributed by atoms with Crippen LogP contribution in [-0.4, -0.2) is 6.43 Å². The maximum atomic E-state index is 12.3. The third-order valence-corrected chi connectivity index (χ3v) is 2.28. The minimum absolute atomic E-state index is 0.537. The lowest BCUT2D eigenvalue weighted by Gasteiger charge is -2.14. The molecule has 0 saturated heterocycles. The summed E-state index contributed by atoms with van der Waals surface area (Å²) in [4.78, 5) is 0. The summed E-state index contributed by atoms with van der Waals surface area (Å²) >= 11 is 0. The van der Waals surface area contributed by atoms with Gasteiger partial charge in [0.15, 0.2) is 0 Å². The number of hydrogen-bond donors (Lipinski definition) is 1. The molecule has 1 aromatic rings. The van der Waals surface area contributed by atoms with Gasteiger partial charge in [-0.1, -0.05) is 18.2 Å². The van der Waals surface area contributed by atoms with E-state index in [9.17, 15) is 8.78 Å². The lowest BCUT2D eigenvalue weighted by atomic mass is 9.98. The van der Waals surface area contributed by atoms with E-state index in [0.717, 1.165) is 11.1 Å². The first-order chi connectivity index (χ1) is 6.04. The van der Waals surface area contributed by atoms with Crippen molar-refractivity contribution in [2.45, 2.75) is 26.3 Å². The summed E-state index contributed by atoms with van der Waals surface area (Å²) in [5.41, 5.74) is 7.75. The summed E-state index contributed by atoms with van der Waals surface area (Å²) in [5, 5.41) is 0. The topological polar surface area (TPSA) is 26.0 Å². The van der Waals surface area contributed by atoms with Crippen molar-refractivity contribution in [3.05, 3.63) is 34.9 Å². The predicted molar refractivity (Wildman–Crippen MR) is 48.8 cm³/mol. The molecular weight excluding hydrogens is 172 g/mol. The molecule has 0 aromatic heterocycles. The average Bonchev–Trinajstić information content (AvgIpc) is 2.08. The van der Waals surface area contributed by atoms with Gasteiger partial charge in [0, 0.05) is 0 Å². The number of alkyl halides is 2. The van der Waals surface area contributed by atoms with E-state index in [0.29, 0.717) is 5.56 Å². The van der Waals surface area contributed by atoms with Crippen LogP contribution >= 0.6 is 0 Å². The van der Waals surface area contributed by atoms with Gasteiger partial charge in [0.25, 0.3) is 6.43 Å². The fraction of sp³-hybridized carbons (Fsp3) is 0.400. The van der Waals surface area contributed by atoms with Crippen LogP contribution in [0.2, 0.25) is 0 Å². The second-order valence-corrected chi connectivity index (χ2v) is 3.15. The van der Waals surface area contributed by atoms with Crippen LogP contribution in [0.1, 0.15) is 22.7 Å². The van der Waals surface area contributed by atoms with Crippen molar-refractivity contribution < 1.29 is 8.78 Å². The van der Waals surface area contributed by atoms with E-state index in [1.54, 1.807) is 12.1 Å². The van der Waals surface area contributed by atoms with Crippen LogP contribution in [0.15, 0.2) is 18.2 Å². The normalized spacial score (nSPS) is 13.4. The van der Waals surface area contributed by atoms with E-state index < -0.39 is 12.5 Å². The Kier molecular flexibility index (Phi) is 2.98. The van der Waals surface area contributed by atoms with Gasteiger partial charge in [-0.15, -0.1) is 0 Å². The van der Waals surface area contributed by atoms with Crippen molar-refractivity contribution in [2.24, 2.45) is 5.73 Å². The zero-order chi connectivity index (χ0) is 10.0. The van der Waals surface area contributed by atoms with E-state index in [2.05, 4.69) is 0 Å². The van der Waals surface area contributed by atoms with Gasteiger partial charge in [0.1, 0.15) is 0 Å². The third-order valence-electron chi connectivity index (χ3n) is 2.28. The maximum absolute atomic E-state index is 12.3. The standard InChI is InChI=1S/C10H13F2N/c1-6-4-3-5-8(7(6)2)9(13)10(11)12/h3-5,9-10H,13H2,1-2H3. The van der Waals surface area contributed by atoms with Gasteiger partial charge in [-0.05, 0) is 30.5 Å². The SMILES string of the molecule is Cc1cccc(C(N)C(F)F)c1C. The summed E-state index contributed by atoms with van der Waals surface area (Å²) in [6, 6.07) is 4.12. The average molecular weight is 185 g/mol. The molecule has 13 heavy (non-hydrogen) atoms. The summed E-state index contributed by atoms with van der Waals surface area (Å²) in [6.45, 7) is 3.70. The van der Waals surface area contributed by atoms with Crippen LogP contribution in [0.3, 0.4) is 0 Å². The second kappa shape index (κ2) is 3.83. The van der Waals surface area contributed by atoms with Crippen LogP contribution < -0.4 is 5.73 Å². The van der Waals surface area contributed by atoms with Gasteiger partial charge < -0.3 is 5.73 Å². The smallest absolute Gasteiger partial charge is 0.257 e. The van der Waals surface area contributed by atoms with Crippen LogP contribution in [-0.2, 0) is 0 Å². The number of benzene rings is 1. The molecule has 0 aliphatic rings. The molecule has 0 heterocycles. The fourth-order valence-corrected chi connectivity index (χ4v) is 1.27. The number of hydrogen-bond acceptors (Lipinski definition) is 1. The predicted octanol–water partition coefficient (Wildman–Crippen LogP) is 2.57. The third kappa shape index (κ3) is 2.04. The first kappa shape index (κ1) is 10.1. The van der Waals surface area contributed by atoms with E-state index in [1.165, 1.54) is 0 Å². The minimum atomic E-state index is -2.50. The van der Waals surface area contributed by atoms with Gasteiger partial charge >= 0.3 is 0 Å². The van der Waals surface area contributed by atoms with Gasteiger partial charge in [-0.2, -0.15) is 0 Å². The largest absolute Gasteiger partial charge is 0.319 e. The summed E-state index contributed by atoms with van der Waals surface area (Å²) in [6.07, 6.45) is -2.50. The number of aryl methyl sites for hydroxylation is 1. The van der Waals surface area contributed by atoms with E-state index >= 15 is 0 Å². The van der Waals surface area contributed by atoms with Crippen LogP contribution in [0.25, 0.3) is 0 Å². The van der Waals surface area contributed by atoms with Crippen LogP contribution in [0.5, 0.6) is 0 Å². The van der Waals surface area contributed by atoms with Gasteiger partial charge in [0.2, 0.25) is 0 Å². The highest BCUT2D eigenvalue weighted by molar-refractivity contribution is 5.35. The van der Waals surface area contributed by atoms with Gasteiger partial charge in [-0.25, -0.2) is 8.78 Å². The van der Waals surface area contributed by atoms with Crippen molar-refractivity contribution in [3.8, 4) is 0 Å². The molecule has 0 bridgehead atoms. The summed E-state index contributed by atoms with van der Waals surface area (Å²) in [7, 11) is 0. The zero-order valence-corrected chi connectivity index (χ0v) is 7.72. The van der Waals surface area contributed by atoms with E-state index in [4.69, 9.17) is 5.73 Å². The summed E-state index contributed by atoms with van der Waals surface area (Å²) in [5.74, 6) is 0. The van der Waals surface area contributed by atoms with Crippen LogP contribution in [0, 0.1) is 13.8 Å². The van der Waals surface area contributed by atoms with Crippen molar-refractivity contribution in [1.29, 1.82) is 0 Å². The molecule has 0 radical (unpaired) electrons. The quantitative estimate of drug-likeness (QED) is 0.752. The first-order valence-corrected chi connectivity index (χ1v) is 4.14. The Morgan fingerprint density at radius 1 is 1.23 bits per heavy atom. The lowest BCUT2D eigenvalue weighted by Crippen LogP contribution is -2.20. The first-order valence-electron chi connectivity index (χ1n) is 4.14. The Bertz CT molecular complexity index is 297. The van der Waals surface area contributed by atoms with E-state index in [-0.39, 0.29) is 0 Å². The second-order valence-electron chi connectivity index (χ2n) is 3.15. The van der Waals surface area contributed by atoms with Crippen molar-refractivity contribution in [2.75, 3.05) is 0 Å². The molecule has 1 rings (SSSR count). The Morgan fingerprint density at radius 2 is 1.85 bits per heavy atom.